The Labute approximate surface area is 251 Å². The second kappa shape index (κ2) is 19.7. The lowest BCUT2D eigenvalue weighted by Crippen LogP contribution is -2.49. The first-order valence-electron chi connectivity index (χ1n) is 15.5. The zero-order chi connectivity index (χ0) is 30.7. The van der Waals surface area contributed by atoms with Gasteiger partial charge in [0.05, 0.1) is 12.1 Å². The molecule has 2 aromatic carbocycles. The average molecular weight is 579 g/mol. The van der Waals surface area contributed by atoms with Gasteiger partial charge in [-0.3, -0.25) is 29.8 Å². The Morgan fingerprint density at radius 3 is 1.12 bits per heavy atom. The van der Waals surface area contributed by atoms with Crippen LogP contribution in [0.3, 0.4) is 0 Å². The van der Waals surface area contributed by atoms with E-state index in [-0.39, 0.29) is 35.5 Å². The summed E-state index contributed by atoms with van der Waals surface area (Å²) in [7, 11) is 0. The smallest absolute Gasteiger partial charge is 0.257 e. The topological polar surface area (TPSA) is 116 Å². The summed E-state index contributed by atoms with van der Waals surface area (Å²) in [4.78, 5) is 49.9. The highest BCUT2D eigenvalue weighted by Gasteiger charge is 2.24. The van der Waals surface area contributed by atoms with Gasteiger partial charge in [-0.15, -0.1) is 0 Å². The summed E-state index contributed by atoms with van der Waals surface area (Å²) in [5, 5.41) is 11.7. The van der Waals surface area contributed by atoms with E-state index >= 15 is 0 Å². The van der Waals surface area contributed by atoms with Crippen LogP contribution in [0.1, 0.15) is 99.8 Å². The van der Waals surface area contributed by atoms with E-state index in [1.807, 2.05) is 39.8 Å². The van der Waals surface area contributed by atoms with Crippen LogP contribution in [0.4, 0.5) is 0 Å². The third kappa shape index (κ3) is 13.1. The van der Waals surface area contributed by atoms with E-state index < -0.39 is 12.1 Å². The Morgan fingerprint density at radius 1 is 0.500 bits per heavy atom. The molecule has 4 N–H and O–H groups in total. The number of hydrogen-bond acceptors (Lipinski definition) is 6. The monoisotopic (exact) mass is 578 g/mol. The van der Waals surface area contributed by atoms with Crippen molar-refractivity contribution < 1.29 is 19.2 Å². The van der Waals surface area contributed by atoms with Crippen LogP contribution >= 0.6 is 0 Å². The van der Waals surface area contributed by atoms with Crippen molar-refractivity contribution in [1.82, 2.24) is 21.3 Å². The molecular weight excluding hydrogens is 528 g/mol. The molecule has 4 amide bonds. The van der Waals surface area contributed by atoms with E-state index in [4.69, 9.17) is 0 Å². The minimum absolute atomic E-state index is 0.0741. The second-order valence-corrected chi connectivity index (χ2v) is 11.5. The van der Waals surface area contributed by atoms with Crippen molar-refractivity contribution in [3.8, 4) is 0 Å². The second-order valence-electron chi connectivity index (χ2n) is 11.5. The summed E-state index contributed by atoms with van der Waals surface area (Å²) in [6, 6.07) is 16.7. The third-order valence-electron chi connectivity index (χ3n) is 7.28. The van der Waals surface area contributed by atoms with Crippen LogP contribution in [-0.4, -0.2) is 48.8 Å². The molecule has 0 heterocycles. The van der Waals surface area contributed by atoms with Crippen LogP contribution < -0.4 is 21.3 Å². The molecule has 0 aliphatic rings. The molecule has 0 fully saturated rings. The predicted molar refractivity (Wildman–Crippen MR) is 168 cm³/mol. The quantitative estimate of drug-likeness (QED) is 0.169. The number of rotatable bonds is 19. The number of nitrogens with one attached hydrogen (secondary N) is 4. The van der Waals surface area contributed by atoms with E-state index in [0.717, 1.165) is 51.6 Å². The largest absolute Gasteiger partial charge is 0.306 e. The van der Waals surface area contributed by atoms with Crippen molar-refractivity contribution in [2.45, 2.75) is 91.1 Å². The molecule has 0 aromatic heterocycles. The molecule has 8 heteroatoms. The standard InChI is InChI=1S/C34H50N4O4/c1-25(2)29(33(41)37-31(39)27-19-13-11-14-20-27)35-23-17-9-7-5-6-8-10-18-24-36-30(26(3)4)34(42)38-32(40)28-21-15-12-16-22-28/h11-16,19-22,25-26,29-30,35-36H,5-10,17-18,23-24H2,1-4H3,(H,37,39,41)(H,38,40,42). The van der Waals surface area contributed by atoms with Crippen molar-refractivity contribution in [2.75, 3.05) is 13.1 Å². The zero-order valence-electron chi connectivity index (χ0n) is 25.8. The first kappa shape index (κ1) is 34.8. The van der Waals surface area contributed by atoms with Crippen LogP contribution in [0.25, 0.3) is 0 Å². The van der Waals surface area contributed by atoms with Gasteiger partial charge in [0.25, 0.3) is 11.8 Å². The Kier molecular flexibility index (Phi) is 16.3. The zero-order valence-corrected chi connectivity index (χ0v) is 25.8. The van der Waals surface area contributed by atoms with Gasteiger partial charge in [-0.25, -0.2) is 0 Å². The molecule has 8 nitrogen and oxygen atoms in total. The van der Waals surface area contributed by atoms with Crippen LogP contribution in [-0.2, 0) is 9.59 Å². The van der Waals surface area contributed by atoms with Crippen LogP contribution in [0, 0.1) is 11.8 Å². The Morgan fingerprint density at radius 2 is 0.810 bits per heavy atom. The summed E-state index contributed by atoms with van der Waals surface area (Å²) in [6.07, 6.45) is 8.80. The Hall–Kier alpha value is -3.36. The number of carbonyl (C=O) groups is 4. The maximum atomic E-state index is 12.6. The third-order valence-corrected chi connectivity index (χ3v) is 7.28. The van der Waals surface area contributed by atoms with E-state index in [0.29, 0.717) is 11.1 Å². The summed E-state index contributed by atoms with van der Waals surface area (Å²) >= 11 is 0. The van der Waals surface area contributed by atoms with Gasteiger partial charge in [0.2, 0.25) is 11.8 Å². The van der Waals surface area contributed by atoms with E-state index in [1.165, 1.54) is 12.8 Å². The van der Waals surface area contributed by atoms with E-state index in [2.05, 4.69) is 21.3 Å². The summed E-state index contributed by atoms with van der Waals surface area (Å²) in [6.45, 7) is 9.38. The molecular formula is C34H50N4O4. The molecule has 0 spiro atoms. The van der Waals surface area contributed by atoms with Gasteiger partial charge in [-0.2, -0.15) is 0 Å². The van der Waals surface area contributed by atoms with E-state index in [9.17, 15) is 19.2 Å². The molecule has 0 saturated heterocycles. The van der Waals surface area contributed by atoms with E-state index in [1.54, 1.807) is 48.5 Å². The summed E-state index contributed by atoms with van der Waals surface area (Å²) in [5.41, 5.74) is 0.952. The van der Waals surface area contributed by atoms with Crippen LogP contribution in [0.15, 0.2) is 60.7 Å². The number of amides is 4. The lowest BCUT2D eigenvalue weighted by atomic mass is 10.0. The van der Waals surface area contributed by atoms with Crippen molar-refractivity contribution in [3.05, 3.63) is 71.8 Å². The number of hydrogen-bond donors (Lipinski definition) is 4. The Bertz CT molecular complexity index is 1000. The maximum Gasteiger partial charge on any atom is 0.257 e. The highest BCUT2D eigenvalue weighted by Crippen LogP contribution is 2.10. The molecule has 42 heavy (non-hydrogen) atoms. The molecule has 2 aromatic rings. The maximum absolute atomic E-state index is 12.6. The SMILES string of the molecule is CC(C)C(NCCCCCCCCCCNC(C(=O)NC(=O)c1ccccc1)C(C)C)C(=O)NC(=O)c1ccccc1. The highest BCUT2D eigenvalue weighted by molar-refractivity contribution is 6.06. The van der Waals surface area contributed by atoms with Gasteiger partial charge < -0.3 is 10.6 Å². The number of carbonyl (C=O) groups excluding carboxylic acids is 4. The van der Waals surface area contributed by atoms with Crippen LogP contribution in [0.5, 0.6) is 0 Å². The minimum atomic E-state index is -0.406. The molecule has 0 radical (unpaired) electrons. The van der Waals surface area contributed by atoms with Gasteiger partial charge in [0.15, 0.2) is 0 Å². The lowest BCUT2D eigenvalue weighted by molar-refractivity contribution is -0.124. The molecule has 0 aliphatic heterocycles. The fourth-order valence-corrected chi connectivity index (χ4v) is 4.79. The highest BCUT2D eigenvalue weighted by atomic mass is 16.2. The van der Waals surface area contributed by atoms with Crippen molar-refractivity contribution >= 4 is 23.6 Å². The average Bonchev–Trinajstić information content (AvgIpc) is 2.97. The number of imide groups is 2. The fourth-order valence-electron chi connectivity index (χ4n) is 4.79. The first-order valence-corrected chi connectivity index (χ1v) is 15.5. The van der Waals surface area contributed by atoms with Gasteiger partial charge in [0.1, 0.15) is 0 Å². The fraction of sp³-hybridized carbons (Fsp3) is 0.529. The van der Waals surface area contributed by atoms with Gasteiger partial charge in [0, 0.05) is 11.1 Å². The molecule has 0 aliphatic carbocycles. The predicted octanol–water partition coefficient (Wildman–Crippen LogP) is 5.25. The summed E-state index contributed by atoms with van der Waals surface area (Å²) in [5.74, 6) is -1.16. The van der Waals surface area contributed by atoms with Crippen molar-refractivity contribution in [2.24, 2.45) is 11.8 Å². The molecule has 0 bridgehead atoms. The molecule has 2 atom stereocenters. The number of unbranched alkanes of at least 4 members (excludes halogenated alkanes) is 7. The first-order chi connectivity index (χ1) is 20.2. The van der Waals surface area contributed by atoms with Gasteiger partial charge >= 0.3 is 0 Å². The minimum Gasteiger partial charge on any atom is -0.306 e. The van der Waals surface area contributed by atoms with Gasteiger partial charge in [-0.05, 0) is 62.0 Å². The lowest BCUT2D eigenvalue weighted by Gasteiger charge is -2.21. The summed E-state index contributed by atoms with van der Waals surface area (Å²) < 4.78 is 0. The molecule has 2 rings (SSSR count). The molecule has 0 saturated carbocycles. The normalized spacial score (nSPS) is 12.6. The number of benzene rings is 2. The van der Waals surface area contributed by atoms with Crippen molar-refractivity contribution in [3.63, 3.8) is 0 Å². The molecule has 2 unspecified atom stereocenters. The van der Waals surface area contributed by atoms with Crippen molar-refractivity contribution in [1.29, 1.82) is 0 Å². The molecule has 230 valence electrons. The van der Waals surface area contributed by atoms with Gasteiger partial charge in [-0.1, -0.05) is 103 Å². The Balaban J connectivity index is 1.53. The van der Waals surface area contributed by atoms with Crippen LogP contribution in [0.2, 0.25) is 0 Å².